The zero-order chi connectivity index (χ0) is 15.1. The Hall–Kier alpha value is -1.50. The van der Waals surface area contributed by atoms with Crippen LogP contribution in [-0.2, 0) is 9.53 Å². The maximum Gasteiger partial charge on any atom is 0.337 e. The highest BCUT2D eigenvalue weighted by Crippen LogP contribution is 2.40. The molecule has 0 saturated carbocycles. The van der Waals surface area contributed by atoms with Gasteiger partial charge in [-0.25, -0.2) is 4.79 Å². The molecular formula is C13H17ClO6. The van der Waals surface area contributed by atoms with Crippen LogP contribution in [0.4, 0.5) is 0 Å². The molecule has 0 aliphatic rings. The Morgan fingerprint density at radius 3 is 2.55 bits per heavy atom. The molecule has 0 aromatic heterocycles. The molecule has 0 saturated heterocycles. The zero-order valence-corrected chi connectivity index (χ0v) is 12.0. The molecule has 112 valence electrons. The number of carbonyl (C=O) groups is 1. The Bertz CT molecular complexity index is 462. The number of rotatable bonds is 8. The van der Waals surface area contributed by atoms with Crippen molar-refractivity contribution in [1.82, 2.24) is 0 Å². The molecule has 0 aliphatic carbocycles. The molecule has 0 aliphatic heterocycles. The minimum Gasteiger partial charge on any atom is -0.493 e. The third kappa shape index (κ3) is 3.75. The third-order valence-electron chi connectivity index (χ3n) is 2.61. The standard InChI is InChI=1S/C13H17ClO6/c1-18-9-5-4-8(10(14)12(9)19-2)11(13(16)17)20-7-3-6-15/h4-5,11,15H,3,6-7H2,1-2H3,(H,16,17). The Balaban J connectivity index is 3.10. The average molecular weight is 305 g/mol. The molecule has 0 bridgehead atoms. The van der Waals surface area contributed by atoms with E-state index in [0.717, 1.165) is 0 Å². The van der Waals surface area contributed by atoms with Gasteiger partial charge in [0.2, 0.25) is 0 Å². The Morgan fingerprint density at radius 2 is 2.05 bits per heavy atom. The number of aliphatic hydroxyl groups excluding tert-OH is 1. The monoisotopic (exact) mass is 304 g/mol. The van der Waals surface area contributed by atoms with E-state index in [-0.39, 0.29) is 29.5 Å². The van der Waals surface area contributed by atoms with Crippen molar-refractivity contribution in [1.29, 1.82) is 0 Å². The Labute approximate surface area is 121 Å². The number of methoxy groups -OCH3 is 2. The first-order valence-electron chi connectivity index (χ1n) is 5.92. The van der Waals surface area contributed by atoms with Crippen LogP contribution < -0.4 is 9.47 Å². The number of aliphatic hydroxyl groups is 1. The summed E-state index contributed by atoms with van der Waals surface area (Å²) in [6.07, 6.45) is -0.886. The van der Waals surface area contributed by atoms with Gasteiger partial charge in [0.1, 0.15) is 0 Å². The molecule has 1 atom stereocenters. The van der Waals surface area contributed by atoms with Gasteiger partial charge in [0.25, 0.3) is 0 Å². The molecule has 0 radical (unpaired) electrons. The second-order valence-electron chi connectivity index (χ2n) is 3.87. The van der Waals surface area contributed by atoms with Crippen LogP contribution >= 0.6 is 11.6 Å². The topological polar surface area (TPSA) is 85.2 Å². The van der Waals surface area contributed by atoms with E-state index in [1.807, 2.05) is 0 Å². The quantitative estimate of drug-likeness (QED) is 0.713. The molecule has 20 heavy (non-hydrogen) atoms. The Morgan fingerprint density at radius 1 is 1.35 bits per heavy atom. The predicted octanol–water partition coefficient (Wildman–Crippen LogP) is 1.88. The van der Waals surface area contributed by atoms with Crippen LogP contribution in [0.2, 0.25) is 5.02 Å². The number of benzene rings is 1. The van der Waals surface area contributed by atoms with Gasteiger partial charge in [-0.1, -0.05) is 17.7 Å². The van der Waals surface area contributed by atoms with Gasteiger partial charge < -0.3 is 24.4 Å². The highest BCUT2D eigenvalue weighted by Gasteiger charge is 2.26. The van der Waals surface area contributed by atoms with Crippen LogP contribution in [-0.4, -0.2) is 43.6 Å². The molecule has 2 N–H and O–H groups in total. The average Bonchev–Trinajstić information content (AvgIpc) is 2.43. The molecule has 1 unspecified atom stereocenters. The van der Waals surface area contributed by atoms with Crippen molar-refractivity contribution >= 4 is 17.6 Å². The van der Waals surface area contributed by atoms with Crippen LogP contribution in [0.15, 0.2) is 12.1 Å². The van der Waals surface area contributed by atoms with Gasteiger partial charge >= 0.3 is 5.97 Å². The molecule has 0 heterocycles. The van der Waals surface area contributed by atoms with Gasteiger partial charge in [0, 0.05) is 12.2 Å². The van der Waals surface area contributed by atoms with Gasteiger partial charge in [0.05, 0.1) is 25.8 Å². The van der Waals surface area contributed by atoms with E-state index in [4.69, 9.17) is 30.9 Å². The molecule has 6 nitrogen and oxygen atoms in total. The molecule has 0 amide bonds. The van der Waals surface area contributed by atoms with Gasteiger partial charge in [-0.3, -0.25) is 0 Å². The van der Waals surface area contributed by atoms with E-state index in [0.29, 0.717) is 12.2 Å². The van der Waals surface area contributed by atoms with E-state index in [1.54, 1.807) is 6.07 Å². The molecular weight excluding hydrogens is 288 g/mol. The normalized spacial score (nSPS) is 12.0. The molecule has 7 heteroatoms. The lowest BCUT2D eigenvalue weighted by atomic mass is 10.1. The van der Waals surface area contributed by atoms with Crippen LogP contribution in [0.5, 0.6) is 11.5 Å². The lowest BCUT2D eigenvalue weighted by Gasteiger charge is -2.18. The fraction of sp³-hybridized carbons (Fsp3) is 0.462. The van der Waals surface area contributed by atoms with Crippen LogP contribution in [0, 0.1) is 0 Å². The maximum absolute atomic E-state index is 11.3. The molecule has 1 rings (SSSR count). The summed E-state index contributed by atoms with van der Waals surface area (Å²) in [6.45, 7) is 0.0319. The number of carboxylic acid groups (broad SMARTS) is 1. The summed E-state index contributed by atoms with van der Waals surface area (Å²) in [5, 5.41) is 18.1. The van der Waals surface area contributed by atoms with Crippen molar-refractivity contribution in [3.05, 3.63) is 22.7 Å². The summed E-state index contributed by atoms with van der Waals surface area (Å²) in [4.78, 5) is 11.3. The molecule has 0 fully saturated rings. The van der Waals surface area contributed by atoms with Crippen LogP contribution in [0.3, 0.4) is 0 Å². The molecule has 1 aromatic carbocycles. The number of carboxylic acids is 1. The zero-order valence-electron chi connectivity index (χ0n) is 11.3. The first-order chi connectivity index (χ1) is 9.56. The van der Waals surface area contributed by atoms with Gasteiger partial charge in [0.15, 0.2) is 17.6 Å². The smallest absolute Gasteiger partial charge is 0.337 e. The SMILES string of the molecule is COc1ccc(C(OCCCO)C(=O)O)c(Cl)c1OC. The van der Waals surface area contributed by atoms with Crippen molar-refractivity contribution in [2.24, 2.45) is 0 Å². The highest BCUT2D eigenvalue weighted by atomic mass is 35.5. The van der Waals surface area contributed by atoms with Crippen LogP contribution in [0.1, 0.15) is 18.1 Å². The lowest BCUT2D eigenvalue weighted by molar-refractivity contribution is -0.151. The number of halogens is 1. The van der Waals surface area contributed by atoms with Gasteiger partial charge in [-0.15, -0.1) is 0 Å². The summed E-state index contributed by atoms with van der Waals surface area (Å²) in [5.74, 6) is -0.513. The first kappa shape index (κ1) is 16.6. The second kappa shape index (κ2) is 7.94. The van der Waals surface area contributed by atoms with Crippen molar-refractivity contribution in [3.63, 3.8) is 0 Å². The highest BCUT2D eigenvalue weighted by molar-refractivity contribution is 6.33. The van der Waals surface area contributed by atoms with E-state index >= 15 is 0 Å². The van der Waals surface area contributed by atoms with Gasteiger partial charge in [-0.2, -0.15) is 0 Å². The fourth-order valence-corrected chi connectivity index (χ4v) is 2.00. The van der Waals surface area contributed by atoms with Crippen molar-refractivity contribution in [2.75, 3.05) is 27.4 Å². The minimum atomic E-state index is -1.23. The number of hydrogen-bond acceptors (Lipinski definition) is 5. The van der Waals surface area contributed by atoms with Crippen LogP contribution in [0.25, 0.3) is 0 Å². The number of aliphatic carboxylic acids is 1. The number of hydrogen-bond donors (Lipinski definition) is 2. The molecule has 0 spiro atoms. The van der Waals surface area contributed by atoms with E-state index in [2.05, 4.69) is 0 Å². The van der Waals surface area contributed by atoms with E-state index in [1.165, 1.54) is 20.3 Å². The first-order valence-corrected chi connectivity index (χ1v) is 6.30. The van der Waals surface area contributed by atoms with Gasteiger partial charge in [-0.05, 0) is 12.5 Å². The largest absolute Gasteiger partial charge is 0.493 e. The van der Waals surface area contributed by atoms with Crippen molar-refractivity contribution in [3.8, 4) is 11.5 Å². The fourth-order valence-electron chi connectivity index (χ4n) is 1.67. The Kier molecular flexibility index (Phi) is 6.57. The van der Waals surface area contributed by atoms with E-state index in [9.17, 15) is 9.90 Å². The number of ether oxygens (including phenoxy) is 3. The maximum atomic E-state index is 11.3. The summed E-state index contributed by atoms with van der Waals surface area (Å²) in [5.41, 5.74) is 0.273. The molecule has 1 aromatic rings. The summed E-state index contributed by atoms with van der Waals surface area (Å²) in [7, 11) is 2.87. The predicted molar refractivity (Wildman–Crippen MR) is 72.6 cm³/mol. The van der Waals surface area contributed by atoms with Crippen molar-refractivity contribution in [2.45, 2.75) is 12.5 Å². The third-order valence-corrected chi connectivity index (χ3v) is 3.00. The summed E-state index contributed by atoms with van der Waals surface area (Å²) < 4.78 is 15.4. The summed E-state index contributed by atoms with van der Waals surface area (Å²) >= 11 is 6.15. The second-order valence-corrected chi connectivity index (χ2v) is 4.25. The summed E-state index contributed by atoms with van der Waals surface area (Å²) in [6, 6.07) is 3.08. The lowest BCUT2D eigenvalue weighted by Crippen LogP contribution is -2.17. The van der Waals surface area contributed by atoms with E-state index < -0.39 is 12.1 Å². The minimum absolute atomic E-state index is 0.0774. The van der Waals surface area contributed by atoms with Crippen molar-refractivity contribution < 1.29 is 29.2 Å².